The van der Waals surface area contributed by atoms with E-state index in [0.29, 0.717) is 21.5 Å². The fraction of sp³-hybridized carbons (Fsp3) is 0.0526. The lowest BCUT2D eigenvalue weighted by molar-refractivity contribution is 0.413. The van der Waals surface area contributed by atoms with E-state index in [2.05, 4.69) is 4.98 Å². The second kappa shape index (κ2) is 6.27. The van der Waals surface area contributed by atoms with E-state index in [9.17, 15) is 14.7 Å². The number of para-hydroxylation sites is 1. The van der Waals surface area contributed by atoms with E-state index >= 15 is 0 Å². The lowest BCUT2D eigenvalue weighted by Gasteiger charge is -2.08. The Morgan fingerprint density at radius 1 is 1.12 bits per heavy atom. The van der Waals surface area contributed by atoms with Crippen molar-refractivity contribution < 1.29 is 14.3 Å². The Labute approximate surface area is 151 Å². The number of aromatic amines is 1. The summed E-state index contributed by atoms with van der Waals surface area (Å²) in [6.45, 7) is 0. The molecule has 0 saturated heterocycles. The first-order valence-electron chi connectivity index (χ1n) is 7.71. The van der Waals surface area contributed by atoms with E-state index in [1.54, 1.807) is 48.5 Å². The predicted molar refractivity (Wildman–Crippen MR) is 99.4 cm³/mol. The van der Waals surface area contributed by atoms with E-state index < -0.39 is 16.9 Å². The highest BCUT2D eigenvalue weighted by atomic mass is 32.2. The average molecular weight is 367 g/mol. The molecule has 2 aromatic heterocycles. The fourth-order valence-electron chi connectivity index (χ4n) is 2.76. The molecule has 0 amide bonds. The molecule has 0 radical (unpaired) electrons. The molecule has 0 spiro atoms. The Kier molecular flexibility index (Phi) is 3.93. The molecule has 4 rings (SSSR count). The van der Waals surface area contributed by atoms with Crippen LogP contribution >= 0.6 is 11.8 Å². The summed E-state index contributed by atoms with van der Waals surface area (Å²) in [4.78, 5) is 28.2. The second-order valence-electron chi connectivity index (χ2n) is 5.55. The fourth-order valence-corrected chi connectivity index (χ4v) is 3.64. The summed E-state index contributed by atoms with van der Waals surface area (Å²) < 4.78 is 10.6. The summed E-state index contributed by atoms with van der Waals surface area (Å²) >= 11 is 1.01. The number of methoxy groups -OCH3 is 1. The van der Waals surface area contributed by atoms with Gasteiger partial charge in [-0.05, 0) is 30.3 Å². The minimum atomic E-state index is -0.710. The van der Waals surface area contributed by atoms with Crippen LogP contribution in [-0.4, -0.2) is 17.2 Å². The quantitative estimate of drug-likeness (QED) is 0.539. The SMILES string of the molecule is COc1cccc(Sc2c(O)c3c(=O)[nH]c4ccccc4c3oc2=O)c1. The highest BCUT2D eigenvalue weighted by molar-refractivity contribution is 7.99. The minimum absolute atomic E-state index is 0.0475. The smallest absolute Gasteiger partial charge is 0.354 e. The van der Waals surface area contributed by atoms with E-state index in [1.165, 1.54) is 7.11 Å². The first-order chi connectivity index (χ1) is 12.6. The highest BCUT2D eigenvalue weighted by Gasteiger charge is 2.20. The van der Waals surface area contributed by atoms with Crippen LogP contribution in [0.25, 0.3) is 21.9 Å². The van der Waals surface area contributed by atoms with Crippen LogP contribution in [-0.2, 0) is 0 Å². The lowest BCUT2D eigenvalue weighted by Crippen LogP contribution is -2.11. The molecule has 0 aliphatic carbocycles. The van der Waals surface area contributed by atoms with Gasteiger partial charge in [-0.25, -0.2) is 4.79 Å². The number of H-pyrrole nitrogens is 1. The van der Waals surface area contributed by atoms with Crippen LogP contribution in [0.5, 0.6) is 11.5 Å². The molecule has 0 saturated carbocycles. The van der Waals surface area contributed by atoms with Crippen molar-refractivity contribution >= 4 is 33.6 Å². The van der Waals surface area contributed by atoms with E-state index in [1.807, 2.05) is 0 Å². The van der Waals surface area contributed by atoms with Gasteiger partial charge in [0, 0.05) is 10.3 Å². The maximum absolute atomic E-state index is 12.5. The van der Waals surface area contributed by atoms with E-state index in [0.717, 1.165) is 11.8 Å². The number of aromatic hydroxyl groups is 1. The topological polar surface area (TPSA) is 92.5 Å². The van der Waals surface area contributed by atoms with E-state index in [-0.39, 0.29) is 15.9 Å². The monoisotopic (exact) mass is 367 g/mol. The van der Waals surface area contributed by atoms with Gasteiger partial charge >= 0.3 is 5.63 Å². The standard InChI is InChI=1S/C19H13NO5S/c1-24-10-5-4-6-11(9-10)26-17-15(21)14-16(25-19(17)23)12-7-2-3-8-13(12)20-18(14)22/h2-9,21H,1H3,(H,20,22). The molecule has 2 N–H and O–H groups in total. The van der Waals surface area contributed by atoms with Crippen molar-refractivity contribution in [1.29, 1.82) is 0 Å². The Balaban J connectivity index is 1.97. The van der Waals surface area contributed by atoms with Crippen LogP contribution in [0.3, 0.4) is 0 Å². The summed E-state index contributed by atoms with van der Waals surface area (Å²) in [5.41, 5.74) is -0.631. The molecule has 130 valence electrons. The van der Waals surface area contributed by atoms with Gasteiger partial charge in [0.15, 0.2) is 11.3 Å². The first-order valence-corrected chi connectivity index (χ1v) is 8.53. The normalized spacial score (nSPS) is 11.1. The second-order valence-corrected chi connectivity index (χ2v) is 6.64. The number of fused-ring (bicyclic) bond motifs is 3. The number of rotatable bonds is 3. The minimum Gasteiger partial charge on any atom is -0.505 e. The molecular weight excluding hydrogens is 354 g/mol. The van der Waals surface area contributed by atoms with Crippen molar-refractivity contribution in [1.82, 2.24) is 4.98 Å². The molecule has 4 aromatic rings. The Bertz CT molecular complexity index is 1260. The first kappa shape index (κ1) is 16.3. The summed E-state index contributed by atoms with van der Waals surface area (Å²) in [6, 6.07) is 14.0. The molecule has 0 fully saturated rings. The van der Waals surface area contributed by atoms with Crippen LogP contribution in [0.15, 0.2) is 72.3 Å². The zero-order chi connectivity index (χ0) is 18.3. The maximum Gasteiger partial charge on any atom is 0.354 e. The van der Waals surface area contributed by atoms with Gasteiger partial charge in [0.2, 0.25) is 0 Å². The molecule has 0 aliphatic heterocycles. The number of hydrogen-bond acceptors (Lipinski definition) is 6. The number of pyridine rings is 1. The lowest BCUT2D eigenvalue weighted by atomic mass is 10.1. The van der Waals surface area contributed by atoms with Crippen molar-refractivity contribution in [2.75, 3.05) is 7.11 Å². The number of aromatic nitrogens is 1. The van der Waals surface area contributed by atoms with Crippen molar-refractivity contribution in [2.45, 2.75) is 9.79 Å². The molecule has 2 aromatic carbocycles. The number of nitrogens with one attached hydrogen (secondary N) is 1. The number of hydrogen-bond donors (Lipinski definition) is 2. The molecule has 0 bridgehead atoms. The van der Waals surface area contributed by atoms with Gasteiger partial charge in [0.25, 0.3) is 5.56 Å². The van der Waals surface area contributed by atoms with Crippen molar-refractivity contribution in [3.05, 3.63) is 69.3 Å². The predicted octanol–water partition coefficient (Wildman–Crippen LogP) is 3.50. The maximum atomic E-state index is 12.5. The van der Waals surface area contributed by atoms with Crippen molar-refractivity contribution in [3.63, 3.8) is 0 Å². The van der Waals surface area contributed by atoms with Crippen LogP contribution < -0.4 is 15.9 Å². The zero-order valence-electron chi connectivity index (χ0n) is 13.6. The summed E-state index contributed by atoms with van der Waals surface area (Å²) in [6.07, 6.45) is 0. The third kappa shape index (κ3) is 2.62. The molecule has 7 heteroatoms. The van der Waals surface area contributed by atoms with Crippen LogP contribution in [0.4, 0.5) is 0 Å². The molecule has 0 unspecified atom stereocenters. The van der Waals surface area contributed by atoms with Crippen LogP contribution in [0, 0.1) is 0 Å². The third-order valence-electron chi connectivity index (χ3n) is 3.97. The summed E-state index contributed by atoms with van der Waals surface area (Å²) in [7, 11) is 1.54. The largest absolute Gasteiger partial charge is 0.505 e. The van der Waals surface area contributed by atoms with Crippen LogP contribution in [0.1, 0.15) is 0 Å². The summed E-state index contributed by atoms with van der Waals surface area (Å²) in [5, 5.41) is 11.1. The summed E-state index contributed by atoms with van der Waals surface area (Å²) in [5.74, 6) is 0.222. The Morgan fingerprint density at radius 3 is 2.73 bits per heavy atom. The van der Waals surface area contributed by atoms with Gasteiger partial charge in [0.1, 0.15) is 16.0 Å². The van der Waals surface area contributed by atoms with Gasteiger partial charge in [-0.3, -0.25) is 4.79 Å². The van der Waals surface area contributed by atoms with Gasteiger partial charge in [-0.2, -0.15) is 0 Å². The number of ether oxygens (including phenoxy) is 1. The van der Waals surface area contributed by atoms with Crippen LogP contribution in [0.2, 0.25) is 0 Å². The molecule has 0 aliphatic rings. The molecular formula is C19H13NO5S. The molecule has 0 atom stereocenters. The molecule has 26 heavy (non-hydrogen) atoms. The van der Waals surface area contributed by atoms with E-state index in [4.69, 9.17) is 9.15 Å². The third-order valence-corrected chi connectivity index (χ3v) is 5.02. The van der Waals surface area contributed by atoms with Crippen molar-refractivity contribution in [2.24, 2.45) is 0 Å². The Hall–Kier alpha value is -3.19. The number of benzene rings is 2. The Morgan fingerprint density at radius 2 is 1.92 bits per heavy atom. The van der Waals surface area contributed by atoms with Crippen molar-refractivity contribution in [3.8, 4) is 11.5 Å². The zero-order valence-corrected chi connectivity index (χ0v) is 14.4. The average Bonchev–Trinajstić information content (AvgIpc) is 2.65. The van der Waals surface area contributed by atoms with Gasteiger partial charge < -0.3 is 19.2 Å². The van der Waals surface area contributed by atoms with Gasteiger partial charge in [-0.15, -0.1) is 0 Å². The molecule has 2 heterocycles. The highest BCUT2D eigenvalue weighted by Crippen LogP contribution is 2.37. The van der Waals surface area contributed by atoms with Gasteiger partial charge in [-0.1, -0.05) is 30.0 Å². The molecule has 6 nitrogen and oxygen atoms in total. The van der Waals surface area contributed by atoms with Gasteiger partial charge in [0.05, 0.1) is 12.6 Å².